The second-order valence-electron chi connectivity index (χ2n) is 5.52. The maximum absolute atomic E-state index is 12.2. The Morgan fingerprint density at radius 2 is 1.79 bits per heavy atom. The van der Waals surface area contributed by atoms with E-state index in [1.165, 1.54) is 6.33 Å². The lowest BCUT2D eigenvalue weighted by atomic mass is 10.2. The summed E-state index contributed by atoms with van der Waals surface area (Å²) in [6, 6.07) is 11.8. The van der Waals surface area contributed by atoms with E-state index < -0.39 is 0 Å². The van der Waals surface area contributed by atoms with Gasteiger partial charge in [-0.1, -0.05) is 29.3 Å². The van der Waals surface area contributed by atoms with Gasteiger partial charge >= 0.3 is 0 Å². The third kappa shape index (κ3) is 4.36. The predicted molar refractivity (Wildman–Crippen MR) is 110 cm³/mol. The molecule has 1 amide bonds. The molecule has 0 radical (unpaired) electrons. The number of hydrogen-bond donors (Lipinski definition) is 4. The maximum Gasteiger partial charge on any atom is 0.269 e. The number of hydrogen-bond acceptors (Lipinski definition) is 7. The zero-order valence-electron chi connectivity index (χ0n) is 14.7. The van der Waals surface area contributed by atoms with Gasteiger partial charge in [-0.2, -0.15) is 0 Å². The van der Waals surface area contributed by atoms with Crippen molar-refractivity contribution in [2.75, 3.05) is 23.6 Å². The Morgan fingerprint density at radius 1 is 1.07 bits per heavy atom. The number of halogens is 2. The molecule has 1 heterocycles. The SMILES string of the molecule is COc1ccc(C(=O)NNc2ncnc(Nc3cccc(Cl)c3Cl)c2N)cc1. The average Bonchev–Trinajstić information content (AvgIpc) is 2.71. The summed E-state index contributed by atoms with van der Waals surface area (Å²) in [6.07, 6.45) is 1.29. The Kier molecular flexibility index (Phi) is 6.03. The first kappa shape index (κ1) is 19.5. The van der Waals surface area contributed by atoms with Crippen molar-refractivity contribution < 1.29 is 9.53 Å². The summed E-state index contributed by atoms with van der Waals surface area (Å²) in [6.45, 7) is 0. The van der Waals surface area contributed by atoms with Gasteiger partial charge in [0.25, 0.3) is 5.91 Å². The molecule has 5 N–H and O–H groups in total. The quantitative estimate of drug-likeness (QED) is 0.449. The normalized spacial score (nSPS) is 10.2. The topological polar surface area (TPSA) is 114 Å². The highest BCUT2D eigenvalue weighted by molar-refractivity contribution is 6.43. The highest BCUT2D eigenvalue weighted by Crippen LogP contribution is 2.33. The first-order valence-electron chi connectivity index (χ1n) is 8.01. The minimum absolute atomic E-state index is 0.188. The molecule has 0 unspecified atom stereocenters. The number of ether oxygens (including phenoxy) is 1. The van der Waals surface area contributed by atoms with E-state index in [0.717, 1.165) is 0 Å². The van der Waals surface area contributed by atoms with Gasteiger partial charge in [0, 0.05) is 5.56 Å². The molecule has 8 nitrogen and oxygen atoms in total. The van der Waals surface area contributed by atoms with Crippen LogP contribution in [-0.4, -0.2) is 23.0 Å². The number of hydrazine groups is 1. The molecule has 0 aliphatic carbocycles. The number of nitrogens with two attached hydrogens (primary N) is 1. The number of benzene rings is 2. The molecule has 0 spiro atoms. The second-order valence-corrected chi connectivity index (χ2v) is 6.30. The van der Waals surface area contributed by atoms with E-state index in [0.29, 0.717) is 32.9 Å². The summed E-state index contributed by atoms with van der Waals surface area (Å²) >= 11 is 12.2. The number of methoxy groups -OCH3 is 1. The van der Waals surface area contributed by atoms with Crippen molar-refractivity contribution in [1.29, 1.82) is 0 Å². The van der Waals surface area contributed by atoms with Crippen LogP contribution in [0.3, 0.4) is 0 Å². The highest BCUT2D eigenvalue weighted by Gasteiger charge is 2.12. The number of anilines is 4. The molecule has 2 aromatic carbocycles. The Morgan fingerprint density at radius 3 is 2.50 bits per heavy atom. The first-order valence-corrected chi connectivity index (χ1v) is 8.77. The van der Waals surface area contributed by atoms with E-state index in [1.54, 1.807) is 49.6 Å². The number of carbonyl (C=O) groups is 1. The molecule has 1 aromatic heterocycles. The van der Waals surface area contributed by atoms with Crippen LogP contribution >= 0.6 is 23.2 Å². The van der Waals surface area contributed by atoms with Crippen LogP contribution in [-0.2, 0) is 0 Å². The standard InChI is InChI=1S/C18H16Cl2N6O2/c1-28-11-7-5-10(6-8-11)18(27)26-25-17-15(21)16(22-9-23-17)24-13-4-2-3-12(19)14(13)20/h2-9H,21H2,1H3,(H,26,27)(H2,22,23,24,25). The van der Waals surface area contributed by atoms with Gasteiger partial charge in [0.2, 0.25) is 0 Å². The Hall–Kier alpha value is -3.23. The van der Waals surface area contributed by atoms with Gasteiger partial charge in [-0.05, 0) is 36.4 Å². The molecular weight excluding hydrogens is 403 g/mol. The van der Waals surface area contributed by atoms with Crippen LogP contribution in [0.5, 0.6) is 5.75 Å². The van der Waals surface area contributed by atoms with Crippen molar-refractivity contribution >= 4 is 52.1 Å². The zero-order chi connectivity index (χ0) is 20.1. The number of carbonyl (C=O) groups excluding carboxylic acids is 1. The molecule has 10 heteroatoms. The molecule has 0 saturated heterocycles. The Bertz CT molecular complexity index is 998. The summed E-state index contributed by atoms with van der Waals surface area (Å²) in [5.74, 6) is 0.811. The number of amides is 1. The number of rotatable bonds is 6. The lowest BCUT2D eigenvalue weighted by Crippen LogP contribution is -2.30. The fourth-order valence-corrected chi connectivity index (χ4v) is 2.60. The van der Waals surface area contributed by atoms with E-state index in [9.17, 15) is 4.79 Å². The van der Waals surface area contributed by atoms with Crippen molar-refractivity contribution in [3.8, 4) is 5.75 Å². The maximum atomic E-state index is 12.2. The van der Waals surface area contributed by atoms with E-state index in [2.05, 4.69) is 26.1 Å². The van der Waals surface area contributed by atoms with E-state index in [1.807, 2.05) is 0 Å². The van der Waals surface area contributed by atoms with E-state index >= 15 is 0 Å². The smallest absolute Gasteiger partial charge is 0.269 e. The van der Waals surface area contributed by atoms with Crippen molar-refractivity contribution in [2.45, 2.75) is 0 Å². The number of nitrogens with one attached hydrogen (secondary N) is 3. The van der Waals surface area contributed by atoms with E-state index in [-0.39, 0.29) is 17.4 Å². The minimum Gasteiger partial charge on any atom is -0.497 e. The Balaban J connectivity index is 1.72. The highest BCUT2D eigenvalue weighted by atomic mass is 35.5. The molecule has 3 aromatic rings. The predicted octanol–water partition coefficient (Wildman–Crippen LogP) is 3.87. The minimum atomic E-state index is -0.368. The lowest BCUT2D eigenvalue weighted by Gasteiger charge is -2.14. The molecular formula is C18H16Cl2N6O2. The van der Waals surface area contributed by atoms with Crippen LogP contribution in [0, 0.1) is 0 Å². The fraction of sp³-hybridized carbons (Fsp3) is 0.0556. The lowest BCUT2D eigenvalue weighted by molar-refractivity contribution is 0.0962. The summed E-state index contributed by atoms with van der Waals surface area (Å²) in [5, 5.41) is 3.73. The summed E-state index contributed by atoms with van der Waals surface area (Å²) in [5.41, 5.74) is 12.5. The molecule has 0 atom stereocenters. The second kappa shape index (κ2) is 8.64. The van der Waals surface area contributed by atoms with Crippen molar-refractivity contribution in [3.63, 3.8) is 0 Å². The number of nitrogen functional groups attached to an aromatic ring is 1. The number of aromatic nitrogens is 2. The largest absolute Gasteiger partial charge is 0.497 e. The van der Waals surface area contributed by atoms with E-state index in [4.69, 9.17) is 33.7 Å². The first-order chi connectivity index (χ1) is 13.5. The van der Waals surface area contributed by atoms with Crippen molar-refractivity contribution in [3.05, 3.63) is 64.4 Å². The van der Waals surface area contributed by atoms with Gasteiger partial charge in [0.1, 0.15) is 17.8 Å². The van der Waals surface area contributed by atoms with Gasteiger partial charge < -0.3 is 15.8 Å². The van der Waals surface area contributed by atoms with Gasteiger partial charge in [-0.25, -0.2) is 9.97 Å². The number of nitrogens with zero attached hydrogens (tertiary/aromatic N) is 2. The monoisotopic (exact) mass is 418 g/mol. The Labute approximate surface area is 171 Å². The van der Waals surface area contributed by atoms with Gasteiger partial charge in [-0.15, -0.1) is 0 Å². The molecule has 144 valence electrons. The van der Waals surface area contributed by atoms with Crippen molar-refractivity contribution in [1.82, 2.24) is 15.4 Å². The average molecular weight is 419 g/mol. The molecule has 3 rings (SSSR count). The zero-order valence-corrected chi connectivity index (χ0v) is 16.2. The molecule has 0 fully saturated rings. The van der Waals surface area contributed by atoms with Crippen LogP contribution in [0.15, 0.2) is 48.8 Å². The third-order valence-electron chi connectivity index (χ3n) is 3.74. The molecule has 0 aliphatic heterocycles. The van der Waals surface area contributed by atoms with Crippen LogP contribution in [0.4, 0.5) is 23.0 Å². The van der Waals surface area contributed by atoms with Crippen LogP contribution < -0.4 is 26.6 Å². The third-order valence-corrected chi connectivity index (χ3v) is 4.55. The van der Waals surface area contributed by atoms with Gasteiger partial charge in [0.15, 0.2) is 11.6 Å². The van der Waals surface area contributed by atoms with Crippen LogP contribution in [0.25, 0.3) is 0 Å². The van der Waals surface area contributed by atoms with Crippen LogP contribution in [0.1, 0.15) is 10.4 Å². The fourth-order valence-electron chi connectivity index (χ4n) is 2.25. The van der Waals surface area contributed by atoms with Crippen LogP contribution in [0.2, 0.25) is 10.0 Å². The van der Waals surface area contributed by atoms with Gasteiger partial charge in [-0.3, -0.25) is 15.6 Å². The summed E-state index contributed by atoms with van der Waals surface area (Å²) in [7, 11) is 1.55. The van der Waals surface area contributed by atoms with Gasteiger partial charge in [0.05, 0.1) is 22.8 Å². The molecule has 0 saturated carbocycles. The van der Waals surface area contributed by atoms with Crippen molar-refractivity contribution in [2.24, 2.45) is 0 Å². The molecule has 28 heavy (non-hydrogen) atoms. The molecule has 0 aliphatic rings. The summed E-state index contributed by atoms with van der Waals surface area (Å²) < 4.78 is 5.07. The molecule has 0 bridgehead atoms. The summed E-state index contributed by atoms with van der Waals surface area (Å²) in [4.78, 5) is 20.4.